The number of carbonyl (C=O) groups is 3. The summed E-state index contributed by atoms with van der Waals surface area (Å²) in [4.78, 5) is 36.9. The molecule has 6 rings (SSSR count). The van der Waals surface area contributed by atoms with E-state index in [1.54, 1.807) is 25.1 Å². The maximum atomic E-state index is 15.3. The third-order valence-electron chi connectivity index (χ3n) is 8.64. The van der Waals surface area contributed by atoms with Crippen LogP contribution in [-0.2, 0) is 20.8 Å². The lowest BCUT2D eigenvalue weighted by molar-refractivity contribution is -0.122. The van der Waals surface area contributed by atoms with Gasteiger partial charge in [-0.15, -0.1) is 0 Å². The van der Waals surface area contributed by atoms with Gasteiger partial charge in [-0.1, -0.05) is 45.4 Å². The summed E-state index contributed by atoms with van der Waals surface area (Å²) in [5.74, 6) is -1.35. The van der Waals surface area contributed by atoms with Gasteiger partial charge in [-0.25, -0.2) is 9.82 Å². The van der Waals surface area contributed by atoms with Crippen molar-refractivity contribution < 1.29 is 23.9 Å². The van der Waals surface area contributed by atoms with E-state index >= 15 is 4.39 Å². The summed E-state index contributed by atoms with van der Waals surface area (Å²) < 4.78 is 19.2. The van der Waals surface area contributed by atoms with Gasteiger partial charge < -0.3 is 26.5 Å². The van der Waals surface area contributed by atoms with Gasteiger partial charge in [0.15, 0.2) is 5.82 Å². The molecule has 4 aromatic carbocycles. The van der Waals surface area contributed by atoms with E-state index in [2.05, 4.69) is 45.6 Å². The van der Waals surface area contributed by atoms with Crippen LogP contribution in [-0.4, -0.2) is 43.3 Å². The first kappa shape index (κ1) is 38.9. The lowest BCUT2D eigenvalue weighted by Gasteiger charge is -2.22. The van der Waals surface area contributed by atoms with Crippen LogP contribution in [0.25, 0.3) is 10.8 Å². The minimum Gasteiger partial charge on any atom is -0.506 e. The molecule has 0 radical (unpaired) electrons. The highest BCUT2D eigenvalue weighted by Gasteiger charge is 2.34. The number of carbonyl (C=O) groups excluding carboxylic acids is 3. The fourth-order valence-corrected chi connectivity index (χ4v) is 7.07. The number of halogens is 1. The van der Waals surface area contributed by atoms with Gasteiger partial charge in [0, 0.05) is 35.4 Å². The Morgan fingerprint density at radius 3 is 2.45 bits per heavy atom. The maximum Gasteiger partial charge on any atom is 0.251 e. The van der Waals surface area contributed by atoms with Crippen LogP contribution >= 0.6 is 12.1 Å². The lowest BCUT2D eigenvalue weighted by atomic mass is 9.87. The minimum absolute atomic E-state index is 0.0470. The van der Waals surface area contributed by atoms with Crippen LogP contribution in [0.4, 0.5) is 32.8 Å². The number of Topliss-reactive ketones (excluding diaryl/α,β-unsaturated/α-hetero) is 1. The molecule has 0 aliphatic carbocycles. The number of anilines is 5. The maximum absolute atomic E-state index is 15.3. The second-order valence-electron chi connectivity index (χ2n) is 12.1. The van der Waals surface area contributed by atoms with E-state index in [4.69, 9.17) is 0 Å². The number of aromatic hydroxyl groups is 1. The predicted octanol–water partition coefficient (Wildman–Crippen LogP) is 7.02. The van der Waals surface area contributed by atoms with Crippen molar-refractivity contribution in [3.63, 3.8) is 0 Å². The van der Waals surface area contributed by atoms with E-state index in [0.29, 0.717) is 11.1 Å². The van der Waals surface area contributed by atoms with Crippen LogP contribution in [0.5, 0.6) is 5.75 Å². The topological polar surface area (TPSA) is 152 Å². The van der Waals surface area contributed by atoms with Crippen molar-refractivity contribution in [3.05, 3.63) is 83.2 Å². The van der Waals surface area contributed by atoms with Gasteiger partial charge in [-0.2, -0.15) is 0 Å². The number of nitrogens with one attached hydrogen (secondary N) is 4. The first-order valence-electron chi connectivity index (χ1n) is 17.1. The van der Waals surface area contributed by atoms with Crippen LogP contribution in [0.3, 0.4) is 0 Å². The van der Waals surface area contributed by atoms with Crippen LogP contribution < -0.4 is 35.8 Å². The number of phenolic OH excluding ortho intramolecular Hbond substituents is 1. The minimum atomic E-state index is -0.646. The number of nitrogens with zero attached hydrogens (tertiary/aromatic N) is 2. The fraction of sp³-hybridized carbons (Fsp3) is 0.342. The summed E-state index contributed by atoms with van der Waals surface area (Å²) in [5.41, 5.74) is 14.1. The molecule has 2 unspecified atom stereocenters. The number of hydrazine groups is 1. The van der Waals surface area contributed by atoms with Gasteiger partial charge >= 0.3 is 0 Å². The first-order chi connectivity index (χ1) is 24.5. The number of nitrogens with two attached hydrogens (primary N) is 1. The van der Waals surface area contributed by atoms with Crippen LogP contribution in [0, 0.1) is 18.7 Å². The van der Waals surface area contributed by atoms with Gasteiger partial charge in [-0.3, -0.25) is 23.4 Å². The van der Waals surface area contributed by atoms with Gasteiger partial charge in [-0.05, 0) is 91.9 Å². The summed E-state index contributed by atoms with van der Waals surface area (Å²) in [6, 6.07) is 18.1. The molecule has 4 aromatic rings. The van der Waals surface area contributed by atoms with Gasteiger partial charge in [0.2, 0.25) is 5.91 Å². The molecular weight excluding hydrogens is 670 g/mol. The normalized spacial score (nSPS) is 15.2. The number of benzene rings is 4. The van der Waals surface area contributed by atoms with Crippen molar-refractivity contribution in [2.45, 2.75) is 59.9 Å². The Hall–Kier alpha value is -4.85. The number of amides is 2. The second-order valence-corrected chi connectivity index (χ2v) is 12.9. The zero-order valence-corrected chi connectivity index (χ0v) is 31.0. The number of aryl methyl sites for hydroxylation is 1. The Morgan fingerprint density at radius 1 is 1.08 bits per heavy atom. The molecule has 2 aliphatic rings. The standard InChI is InChI=1S/C35H37FN6O4S.C2H6.CH5N/c1-5-6-25(20(3)43)34-27-11-9-24(17-29(27)41(4)39-34)37-28-12-7-21(13-19(28)2)14-31(45)38-23-8-10-26-22(15-23)16-30(44)35(33(26)36)42-18-32(46)40-47-42;2*1-2/h7-13,15-17,25,34,37,39,44H,5-6,14,18H2,1-4H3,(H,38,45)(H,40,46);1-2H3;2H2,1H3. The molecule has 1 saturated heterocycles. The number of fused-ring (bicyclic) bond motifs is 2. The van der Waals surface area contributed by atoms with Crippen LogP contribution in [0.1, 0.15) is 63.3 Å². The molecule has 0 saturated carbocycles. The first-order valence-corrected chi connectivity index (χ1v) is 17.9. The number of phenols is 1. The molecule has 272 valence electrons. The summed E-state index contributed by atoms with van der Waals surface area (Å²) in [7, 11) is 3.46. The second kappa shape index (κ2) is 17.4. The van der Waals surface area contributed by atoms with Gasteiger partial charge in [0.25, 0.3) is 5.91 Å². The SMILES string of the molecule is CC.CCCC(C(C)=O)C1NN(C)c2cc(Nc3ccc(CC(=O)Nc4ccc5c(F)c(N6CC(=O)NS6)c(O)cc5c4)cc3C)ccc21.CN. The monoisotopic (exact) mass is 717 g/mol. The molecule has 1 fully saturated rings. The van der Waals surface area contributed by atoms with Gasteiger partial charge in [0.1, 0.15) is 23.8 Å². The van der Waals surface area contributed by atoms with Crippen molar-refractivity contribution in [2.75, 3.05) is 40.6 Å². The summed E-state index contributed by atoms with van der Waals surface area (Å²) in [5, 5.41) is 19.5. The molecule has 2 aliphatic heterocycles. The highest BCUT2D eigenvalue weighted by Crippen LogP contribution is 2.41. The molecule has 0 spiro atoms. The largest absolute Gasteiger partial charge is 0.506 e. The smallest absolute Gasteiger partial charge is 0.251 e. The van der Waals surface area contributed by atoms with Crippen molar-refractivity contribution >= 4 is 68.9 Å². The van der Waals surface area contributed by atoms with Crippen LogP contribution in [0.2, 0.25) is 0 Å². The molecule has 51 heavy (non-hydrogen) atoms. The number of rotatable bonds is 10. The summed E-state index contributed by atoms with van der Waals surface area (Å²) in [6.07, 6.45) is 1.91. The van der Waals surface area contributed by atoms with E-state index < -0.39 is 5.82 Å². The predicted molar refractivity (Wildman–Crippen MR) is 207 cm³/mol. The molecule has 0 bridgehead atoms. The number of ketones is 1. The summed E-state index contributed by atoms with van der Waals surface area (Å²) in [6.45, 7) is 9.67. The molecule has 11 nitrogen and oxygen atoms in total. The van der Waals surface area contributed by atoms with Crippen LogP contribution in [0.15, 0.2) is 60.7 Å². The Balaban J connectivity index is 0.00000141. The molecule has 7 N–H and O–H groups in total. The average Bonchev–Trinajstić information content (AvgIpc) is 3.68. The average molecular weight is 718 g/mol. The quantitative estimate of drug-likeness (QED) is 0.0945. The zero-order chi connectivity index (χ0) is 37.4. The highest BCUT2D eigenvalue weighted by atomic mass is 32.2. The molecule has 13 heteroatoms. The number of hydrogen-bond donors (Lipinski definition) is 6. The molecule has 0 aromatic heterocycles. The number of hydrogen-bond acceptors (Lipinski definition) is 10. The Morgan fingerprint density at radius 2 is 1.80 bits per heavy atom. The molecular formula is C38H48FN7O4S. The zero-order valence-electron chi connectivity index (χ0n) is 30.2. The Kier molecular flexibility index (Phi) is 13.3. The third-order valence-corrected chi connectivity index (χ3v) is 9.49. The Bertz CT molecular complexity index is 1910. The van der Waals surface area contributed by atoms with E-state index in [9.17, 15) is 19.5 Å². The van der Waals surface area contributed by atoms with Crippen molar-refractivity contribution in [1.29, 1.82) is 0 Å². The van der Waals surface area contributed by atoms with Gasteiger partial charge in [0.05, 0.1) is 30.3 Å². The van der Waals surface area contributed by atoms with E-state index in [-0.39, 0.29) is 59.3 Å². The highest BCUT2D eigenvalue weighted by molar-refractivity contribution is 7.99. The van der Waals surface area contributed by atoms with E-state index in [1.807, 2.05) is 57.1 Å². The van der Waals surface area contributed by atoms with Crippen molar-refractivity contribution in [1.82, 2.24) is 10.1 Å². The van der Waals surface area contributed by atoms with Crippen molar-refractivity contribution in [3.8, 4) is 5.75 Å². The summed E-state index contributed by atoms with van der Waals surface area (Å²) >= 11 is 0.921. The molecule has 2 heterocycles. The van der Waals surface area contributed by atoms with E-state index in [0.717, 1.165) is 58.7 Å². The third kappa shape index (κ3) is 8.73. The Labute approximate surface area is 303 Å². The van der Waals surface area contributed by atoms with Crippen molar-refractivity contribution in [2.24, 2.45) is 11.7 Å². The fourth-order valence-electron chi connectivity index (χ4n) is 6.35. The lowest BCUT2D eigenvalue weighted by Crippen LogP contribution is -2.35. The molecule has 2 atom stereocenters. The van der Waals surface area contributed by atoms with E-state index in [1.165, 1.54) is 17.4 Å². The molecule has 2 amide bonds.